The quantitative estimate of drug-likeness (QED) is 0.775. The first-order valence-corrected chi connectivity index (χ1v) is 7.82. The summed E-state index contributed by atoms with van der Waals surface area (Å²) in [7, 11) is 0. The third-order valence-electron chi connectivity index (χ3n) is 2.58. The molecule has 2 heterocycles. The molecule has 3 aromatic rings. The van der Waals surface area contributed by atoms with Crippen LogP contribution in [0.25, 0.3) is 4.96 Å². The summed E-state index contributed by atoms with van der Waals surface area (Å²) in [5.41, 5.74) is 0.785. The van der Waals surface area contributed by atoms with Crippen LogP contribution in [0.2, 0.25) is 10.0 Å². The second-order valence-corrected chi connectivity index (χ2v) is 6.50. The van der Waals surface area contributed by atoms with Crippen LogP contribution in [-0.4, -0.2) is 14.5 Å². The molecule has 7 heteroatoms. The van der Waals surface area contributed by atoms with E-state index in [1.54, 1.807) is 12.1 Å². The highest BCUT2D eigenvalue weighted by Gasteiger charge is 2.14. The lowest BCUT2D eigenvalue weighted by Gasteiger charge is -2.02. The second kappa shape index (κ2) is 5.34. The number of rotatable bonds is 3. The summed E-state index contributed by atoms with van der Waals surface area (Å²) in [6.45, 7) is -0.0540. The van der Waals surface area contributed by atoms with E-state index in [4.69, 9.17) is 23.2 Å². The van der Waals surface area contributed by atoms with Crippen LogP contribution >= 0.6 is 46.3 Å². The summed E-state index contributed by atoms with van der Waals surface area (Å²) < 4.78 is 1.89. The zero-order chi connectivity index (χ0) is 13.4. The van der Waals surface area contributed by atoms with Crippen LogP contribution in [0.4, 0.5) is 0 Å². The second-order valence-electron chi connectivity index (χ2n) is 3.76. The number of fused-ring (bicyclic) bond motifs is 1. The number of halogens is 2. The van der Waals surface area contributed by atoms with Gasteiger partial charge in [0.15, 0.2) is 4.96 Å². The topological polar surface area (TPSA) is 37.5 Å². The van der Waals surface area contributed by atoms with Crippen molar-refractivity contribution in [2.24, 2.45) is 0 Å². The van der Waals surface area contributed by atoms with E-state index in [2.05, 4.69) is 4.98 Å². The molecule has 0 radical (unpaired) electrons. The molecular weight excluding hydrogens is 323 g/mol. The molecule has 0 spiro atoms. The molecule has 0 fully saturated rings. The normalized spacial score (nSPS) is 11.3. The van der Waals surface area contributed by atoms with Crippen molar-refractivity contribution in [2.45, 2.75) is 16.5 Å². The predicted molar refractivity (Wildman–Crippen MR) is 79.6 cm³/mol. The van der Waals surface area contributed by atoms with Crippen molar-refractivity contribution >= 4 is 51.3 Å². The summed E-state index contributed by atoms with van der Waals surface area (Å²) in [5, 5.41) is 13.2. The van der Waals surface area contributed by atoms with Gasteiger partial charge in [0.25, 0.3) is 0 Å². The van der Waals surface area contributed by atoms with Gasteiger partial charge < -0.3 is 5.11 Å². The molecule has 2 aromatic heterocycles. The fraction of sp³-hybridized carbons (Fsp3) is 0.0833. The Morgan fingerprint density at radius 1 is 1.32 bits per heavy atom. The van der Waals surface area contributed by atoms with E-state index in [1.807, 2.05) is 22.0 Å². The number of hydrogen-bond donors (Lipinski definition) is 1. The SMILES string of the molecule is OCc1c(Sc2ccc(Cl)c(Cl)c2)nc2sccn12. The molecule has 0 saturated heterocycles. The highest BCUT2D eigenvalue weighted by molar-refractivity contribution is 7.99. The van der Waals surface area contributed by atoms with E-state index in [0.29, 0.717) is 10.0 Å². The summed E-state index contributed by atoms with van der Waals surface area (Å²) in [6.07, 6.45) is 1.90. The molecule has 0 bridgehead atoms. The molecule has 0 amide bonds. The Bertz CT molecular complexity index is 738. The third kappa shape index (κ3) is 2.49. The van der Waals surface area contributed by atoms with Crippen LogP contribution in [0.3, 0.4) is 0 Å². The van der Waals surface area contributed by atoms with Crippen molar-refractivity contribution in [2.75, 3.05) is 0 Å². The van der Waals surface area contributed by atoms with Gasteiger partial charge in [0.05, 0.1) is 22.3 Å². The van der Waals surface area contributed by atoms with Crippen LogP contribution < -0.4 is 0 Å². The van der Waals surface area contributed by atoms with E-state index >= 15 is 0 Å². The lowest BCUT2D eigenvalue weighted by atomic mass is 10.4. The Hall–Kier alpha value is -0.720. The van der Waals surface area contributed by atoms with Crippen LogP contribution in [0.1, 0.15) is 5.69 Å². The maximum Gasteiger partial charge on any atom is 0.195 e. The standard InChI is InChI=1S/C12H8Cl2N2OS2/c13-8-2-1-7(5-9(8)14)19-11-10(6-17)16-3-4-18-12(16)15-11/h1-5,17H,6H2. The lowest BCUT2D eigenvalue weighted by Crippen LogP contribution is -1.90. The molecule has 0 atom stereocenters. The molecule has 98 valence electrons. The summed E-state index contributed by atoms with van der Waals surface area (Å²) >= 11 is 14.9. The fourth-order valence-corrected chi connectivity index (χ4v) is 3.79. The minimum Gasteiger partial charge on any atom is -0.390 e. The molecule has 0 unspecified atom stereocenters. The molecule has 3 rings (SSSR count). The van der Waals surface area contributed by atoms with Gasteiger partial charge in [-0.05, 0) is 18.2 Å². The van der Waals surface area contributed by atoms with E-state index < -0.39 is 0 Å². The Balaban J connectivity index is 2.00. The third-order valence-corrected chi connectivity index (χ3v) is 5.09. The van der Waals surface area contributed by atoms with Crippen molar-refractivity contribution in [3.05, 3.63) is 45.5 Å². The van der Waals surface area contributed by atoms with E-state index in [0.717, 1.165) is 20.6 Å². The lowest BCUT2D eigenvalue weighted by molar-refractivity contribution is 0.272. The Morgan fingerprint density at radius 2 is 2.16 bits per heavy atom. The predicted octanol–water partition coefficient (Wildman–Crippen LogP) is 4.35. The molecule has 0 aliphatic rings. The van der Waals surface area contributed by atoms with E-state index in [9.17, 15) is 5.11 Å². The van der Waals surface area contributed by atoms with Gasteiger partial charge in [0.1, 0.15) is 5.03 Å². The van der Waals surface area contributed by atoms with Crippen molar-refractivity contribution in [1.82, 2.24) is 9.38 Å². The van der Waals surface area contributed by atoms with Gasteiger partial charge >= 0.3 is 0 Å². The van der Waals surface area contributed by atoms with Gasteiger partial charge in [-0.3, -0.25) is 4.40 Å². The number of imidazole rings is 1. The highest BCUT2D eigenvalue weighted by Crippen LogP contribution is 2.34. The van der Waals surface area contributed by atoms with Crippen LogP contribution in [0, 0.1) is 0 Å². The van der Waals surface area contributed by atoms with Gasteiger partial charge in [-0.15, -0.1) is 11.3 Å². The monoisotopic (exact) mass is 330 g/mol. The Kier molecular flexibility index (Phi) is 3.73. The average molecular weight is 331 g/mol. The van der Waals surface area contributed by atoms with Gasteiger partial charge in [0.2, 0.25) is 0 Å². The van der Waals surface area contributed by atoms with Crippen LogP contribution in [0.15, 0.2) is 39.7 Å². The van der Waals surface area contributed by atoms with Gasteiger partial charge in [-0.1, -0.05) is 35.0 Å². The summed E-state index contributed by atoms with van der Waals surface area (Å²) in [4.78, 5) is 6.31. The number of nitrogens with zero attached hydrogens (tertiary/aromatic N) is 2. The minimum atomic E-state index is -0.0540. The van der Waals surface area contributed by atoms with Crippen molar-refractivity contribution in [3.8, 4) is 0 Å². The smallest absolute Gasteiger partial charge is 0.195 e. The van der Waals surface area contributed by atoms with Gasteiger partial charge in [0, 0.05) is 16.5 Å². The van der Waals surface area contributed by atoms with Crippen molar-refractivity contribution in [1.29, 1.82) is 0 Å². The van der Waals surface area contributed by atoms with Gasteiger partial charge in [-0.2, -0.15) is 0 Å². The summed E-state index contributed by atoms with van der Waals surface area (Å²) in [6, 6.07) is 5.43. The molecule has 3 nitrogen and oxygen atoms in total. The number of hydrogen-bond acceptors (Lipinski definition) is 4. The van der Waals surface area contributed by atoms with Crippen LogP contribution in [0.5, 0.6) is 0 Å². The first-order chi connectivity index (χ1) is 9.19. The summed E-state index contributed by atoms with van der Waals surface area (Å²) in [5.74, 6) is 0. The Morgan fingerprint density at radius 3 is 2.89 bits per heavy atom. The maximum atomic E-state index is 9.48. The molecular formula is C12H8Cl2N2OS2. The number of benzene rings is 1. The molecule has 1 N–H and O–H groups in total. The maximum absolute atomic E-state index is 9.48. The molecule has 0 saturated carbocycles. The first kappa shape index (κ1) is 13.3. The Labute approximate surface area is 127 Å². The van der Waals surface area contributed by atoms with Gasteiger partial charge in [-0.25, -0.2) is 4.98 Å². The zero-order valence-corrected chi connectivity index (χ0v) is 12.7. The number of aliphatic hydroxyl groups is 1. The van der Waals surface area contributed by atoms with Crippen molar-refractivity contribution < 1.29 is 5.11 Å². The highest BCUT2D eigenvalue weighted by atomic mass is 35.5. The fourth-order valence-electron chi connectivity index (χ4n) is 1.69. The number of aromatic nitrogens is 2. The molecule has 0 aliphatic heterocycles. The molecule has 19 heavy (non-hydrogen) atoms. The largest absolute Gasteiger partial charge is 0.390 e. The van der Waals surface area contributed by atoms with E-state index in [1.165, 1.54) is 23.1 Å². The van der Waals surface area contributed by atoms with E-state index in [-0.39, 0.29) is 6.61 Å². The average Bonchev–Trinajstić information content (AvgIpc) is 2.94. The van der Waals surface area contributed by atoms with Crippen LogP contribution in [-0.2, 0) is 6.61 Å². The number of aliphatic hydroxyl groups excluding tert-OH is 1. The first-order valence-electron chi connectivity index (χ1n) is 5.37. The van der Waals surface area contributed by atoms with Crippen molar-refractivity contribution in [3.63, 3.8) is 0 Å². The minimum absolute atomic E-state index is 0.0540. The number of thiazole rings is 1. The molecule has 0 aliphatic carbocycles. The zero-order valence-electron chi connectivity index (χ0n) is 9.51. The molecule has 1 aromatic carbocycles.